The number of hydrogen-bond donors (Lipinski definition) is 2. The molecule has 0 bridgehead atoms. The topological polar surface area (TPSA) is 64.8 Å². The number of nitrogens with zero attached hydrogens (tertiary/aromatic N) is 2. The third-order valence-corrected chi connectivity index (χ3v) is 5.06. The standard InChI is InChI=1S/C17H17BrN4O/c1-10-20-14-5-6-22(9-12(14)17(23)21-10)8-11-7-19-15-4-2-3-13(18)16(11)15/h2-4,7,19H,5-6,8-9H2,1H3,(H,20,21,23). The molecule has 3 heterocycles. The van der Waals surface area contributed by atoms with Gasteiger partial charge in [-0.1, -0.05) is 22.0 Å². The first-order valence-electron chi connectivity index (χ1n) is 7.67. The summed E-state index contributed by atoms with van der Waals surface area (Å²) in [5, 5.41) is 1.22. The van der Waals surface area contributed by atoms with E-state index in [1.807, 2.05) is 13.0 Å². The lowest BCUT2D eigenvalue weighted by Gasteiger charge is -2.27. The maximum Gasteiger partial charge on any atom is 0.255 e. The molecule has 23 heavy (non-hydrogen) atoms. The van der Waals surface area contributed by atoms with Crippen LogP contribution in [0.1, 0.15) is 22.6 Å². The van der Waals surface area contributed by atoms with Crippen LogP contribution in [0.4, 0.5) is 0 Å². The number of aryl methyl sites for hydroxylation is 1. The molecule has 2 N–H and O–H groups in total. The maximum atomic E-state index is 12.2. The molecule has 0 saturated heterocycles. The number of rotatable bonds is 2. The van der Waals surface area contributed by atoms with E-state index in [1.54, 1.807) is 0 Å². The second-order valence-corrected chi connectivity index (χ2v) is 6.87. The predicted octanol–water partition coefficient (Wildman–Crippen LogP) is 2.88. The number of aromatic nitrogens is 3. The Hall–Kier alpha value is -1.92. The van der Waals surface area contributed by atoms with Crippen molar-refractivity contribution >= 4 is 26.8 Å². The van der Waals surface area contributed by atoms with Crippen LogP contribution in [0.2, 0.25) is 0 Å². The molecule has 0 amide bonds. The molecule has 6 heteroatoms. The monoisotopic (exact) mass is 372 g/mol. The molecule has 0 atom stereocenters. The molecule has 2 aromatic heterocycles. The Morgan fingerprint density at radius 1 is 1.39 bits per heavy atom. The number of fused-ring (bicyclic) bond motifs is 2. The van der Waals surface area contributed by atoms with E-state index in [9.17, 15) is 4.79 Å². The van der Waals surface area contributed by atoms with Gasteiger partial charge in [0.2, 0.25) is 0 Å². The fraction of sp³-hybridized carbons (Fsp3) is 0.294. The van der Waals surface area contributed by atoms with Gasteiger partial charge in [-0.3, -0.25) is 9.69 Å². The van der Waals surface area contributed by atoms with Crippen molar-refractivity contribution in [3.8, 4) is 0 Å². The van der Waals surface area contributed by atoms with Crippen molar-refractivity contribution in [3.63, 3.8) is 0 Å². The molecule has 1 aliphatic rings. The van der Waals surface area contributed by atoms with Crippen LogP contribution in [0.3, 0.4) is 0 Å². The van der Waals surface area contributed by atoms with Gasteiger partial charge < -0.3 is 9.97 Å². The number of aromatic amines is 2. The Bertz CT molecular complexity index is 943. The molecule has 1 aliphatic heterocycles. The van der Waals surface area contributed by atoms with Crippen molar-refractivity contribution in [1.82, 2.24) is 19.9 Å². The molecule has 0 unspecified atom stereocenters. The van der Waals surface area contributed by atoms with Crippen LogP contribution in [0.25, 0.3) is 10.9 Å². The molecule has 0 spiro atoms. The lowest BCUT2D eigenvalue weighted by Crippen LogP contribution is -2.35. The predicted molar refractivity (Wildman–Crippen MR) is 93.4 cm³/mol. The van der Waals surface area contributed by atoms with Crippen LogP contribution in [0.5, 0.6) is 0 Å². The first-order chi connectivity index (χ1) is 11.1. The number of benzene rings is 1. The molecular weight excluding hydrogens is 356 g/mol. The van der Waals surface area contributed by atoms with Crippen LogP contribution in [-0.2, 0) is 19.5 Å². The van der Waals surface area contributed by atoms with E-state index in [-0.39, 0.29) is 5.56 Å². The summed E-state index contributed by atoms with van der Waals surface area (Å²) < 4.78 is 1.10. The van der Waals surface area contributed by atoms with Gasteiger partial charge in [-0.2, -0.15) is 0 Å². The van der Waals surface area contributed by atoms with Crippen LogP contribution < -0.4 is 5.56 Å². The highest BCUT2D eigenvalue weighted by molar-refractivity contribution is 9.10. The summed E-state index contributed by atoms with van der Waals surface area (Å²) >= 11 is 3.63. The third kappa shape index (κ3) is 2.62. The van der Waals surface area contributed by atoms with Gasteiger partial charge in [0, 0.05) is 47.6 Å². The number of hydrogen-bond acceptors (Lipinski definition) is 3. The van der Waals surface area contributed by atoms with Crippen LogP contribution in [-0.4, -0.2) is 26.4 Å². The normalized spacial score (nSPS) is 15.0. The summed E-state index contributed by atoms with van der Waals surface area (Å²) in [6.07, 6.45) is 2.88. The van der Waals surface area contributed by atoms with Crippen molar-refractivity contribution < 1.29 is 0 Å². The minimum Gasteiger partial charge on any atom is -0.361 e. The number of nitrogens with one attached hydrogen (secondary N) is 2. The average Bonchev–Trinajstić information content (AvgIpc) is 2.92. The first kappa shape index (κ1) is 14.7. The fourth-order valence-corrected chi connectivity index (χ4v) is 3.93. The molecule has 0 saturated carbocycles. The van der Waals surface area contributed by atoms with Crippen LogP contribution in [0.15, 0.2) is 33.7 Å². The van der Waals surface area contributed by atoms with Gasteiger partial charge in [0.25, 0.3) is 5.56 Å². The Labute approximate surface area is 141 Å². The smallest absolute Gasteiger partial charge is 0.255 e. The summed E-state index contributed by atoms with van der Waals surface area (Å²) in [5.41, 5.74) is 4.12. The Morgan fingerprint density at radius 3 is 3.13 bits per heavy atom. The van der Waals surface area contributed by atoms with E-state index in [2.05, 4.69) is 54.1 Å². The van der Waals surface area contributed by atoms with Gasteiger partial charge in [-0.05, 0) is 24.6 Å². The molecule has 3 aromatic rings. The Morgan fingerprint density at radius 2 is 2.26 bits per heavy atom. The summed E-state index contributed by atoms with van der Waals surface area (Å²) in [6.45, 7) is 4.21. The second-order valence-electron chi connectivity index (χ2n) is 6.01. The van der Waals surface area contributed by atoms with Crippen molar-refractivity contribution in [2.75, 3.05) is 6.54 Å². The zero-order valence-electron chi connectivity index (χ0n) is 12.8. The van der Waals surface area contributed by atoms with Gasteiger partial charge in [-0.25, -0.2) is 4.98 Å². The van der Waals surface area contributed by atoms with Crippen molar-refractivity contribution in [1.29, 1.82) is 0 Å². The average molecular weight is 373 g/mol. The van der Waals surface area contributed by atoms with Crippen LogP contribution in [0, 0.1) is 6.92 Å². The van der Waals surface area contributed by atoms with Crippen molar-refractivity contribution in [3.05, 3.63) is 61.9 Å². The van der Waals surface area contributed by atoms with Gasteiger partial charge in [-0.15, -0.1) is 0 Å². The van der Waals surface area contributed by atoms with Gasteiger partial charge in [0.15, 0.2) is 0 Å². The summed E-state index contributed by atoms with van der Waals surface area (Å²) in [4.78, 5) is 25.1. The zero-order chi connectivity index (χ0) is 16.0. The molecule has 5 nitrogen and oxygen atoms in total. The van der Waals surface area contributed by atoms with Crippen LogP contribution >= 0.6 is 15.9 Å². The lowest BCUT2D eigenvalue weighted by molar-refractivity contribution is 0.242. The van der Waals surface area contributed by atoms with E-state index < -0.39 is 0 Å². The minimum atomic E-state index is -0.00249. The maximum absolute atomic E-state index is 12.2. The third-order valence-electron chi connectivity index (χ3n) is 4.40. The largest absolute Gasteiger partial charge is 0.361 e. The minimum absolute atomic E-state index is 0.00249. The van der Waals surface area contributed by atoms with Gasteiger partial charge in [0.05, 0.1) is 11.3 Å². The van der Waals surface area contributed by atoms with E-state index in [4.69, 9.17) is 0 Å². The molecule has 0 aliphatic carbocycles. The SMILES string of the molecule is Cc1nc2c(c(=O)[nH]1)CN(Cc1c[nH]c3cccc(Br)c13)CC2. The van der Waals surface area contributed by atoms with Crippen molar-refractivity contribution in [2.24, 2.45) is 0 Å². The molecule has 4 rings (SSSR count). The van der Waals surface area contributed by atoms with E-state index in [1.165, 1.54) is 10.9 Å². The van der Waals surface area contributed by atoms with E-state index in [0.717, 1.165) is 40.8 Å². The van der Waals surface area contributed by atoms with E-state index >= 15 is 0 Å². The molecular formula is C17H17BrN4O. The Balaban J connectivity index is 1.64. The Kier molecular flexibility index (Phi) is 3.58. The highest BCUT2D eigenvalue weighted by atomic mass is 79.9. The fourth-order valence-electron chi connectivity index (χ4n) is 3.31. The molecule has 0 fully saturated rings. The zero-order valence-corrected chi connectivity index (χ0v) is 14.4. The summed E-state index contributed by atoms with van der Waals surface area (Å²) in [7, 11) is 0. The number of H-pyrrole nitrogens is 2. The molecule has 118 valence electrons. The molecule has 1 aromatic carbocycles. The molecule has 0 radical (unpaired) electrons. The number of halogens is 1. The van der Waals surface area contributed by atoms with Crippen molar-refractivity contribution in [2.45, 2.75) is 26.4 Å². The summed E-state index contributed by atoms with van der Waals surface area (Å²) in [5.74, 6) is 0.697. The quantitative estimate of drug-likeness (QED) is 0.726. The summed E-state index contributed by atoms with van der Waals surface area (Å²) in [6, 6.07) is 6.16. The highest BCUT2D eigenvalue weighted by Gasteiger charge is 2.21. The second kappa shape index (κ2) is 5.62. The first-order valence-corrected chi connectivity index (χ1v) is 8.46. The highest BCUT2D eigenvalue weighted by Crippen LogP contribution is 2.28. The van der Waals surface area contributed by atoms with Gasteiger partial charge in [0.1, 0.15) is 5.82 Å². The lowest BCUT2D eigenvalue weighted by atomic mass is 10.1. The van der Waals surface area contributed by atoms with E-state index in [0.29, 0.717) is 12.4 Å². The van der Waals surface area contributed by atoms with Gasteiger partial charge >= 0.3 is 0 Å².